The number of aromatic nitrogens is 1. The summed E-state index contributed by atoms with van der Waals surface area (Å²) in [5.74, 6) is 1.05. The smallest absolute Gasteiger partial charge is 0.320 e. The normalized spacial score (nSPS) is 11.3. The number of carbonyl (C=O) groups excluding carboxylic acids is 1. The molecule has 0 saturated heterocycles. The molecule has 1 aromatic heterocycles. The minimum atomic E-state index is -0.301. The zero-order valence-electron chi connectivity index (χ0n) is 11.1. The van der Waals surface area contributed by atoms with E-state index in [1.165, 1.54) is 0 Å². The highest BCUT2D eigenvalue weighted by Crippen LogP contribution is 2.20. The number of carbonyl (C=O) groups is 1. The van der Waals surface area contributed by atoms with E-state index < -0.39 is 0 Å². The van der Waals surface area contributed by atoms with E-state index in [4.69, 9.17) is 9.63 Å². The maximum Gasteiger partial charge on any atom is 0.320 e. The molecule has 1 heterocycles. The Hall–Kier alpha value is -1.56. The Labute approximate surface area is 107 Å². The van der Waals surface area contributed by atoms with E-state index >= 15 is 0 Å². The summed E-state index contributed by atoms with van der Waals surface area (Å²) >= 11 is 0. The Morgan fingerprint density at radius 1 is 1.56 bits per heavy atom. The Morgan fingerprint density at radius 2 is 2.28 bits per heavy atom. The van der Waals surface area contributed by atoms with Gasteiger partial charge in [0, 0.05) is 19.2 Å². The first-order valence-corrected chi connectivity index (χ1v) is 6.02. The van der Waals surface area contributed by atoms with Gasteiger partial charge in [-0.3, -0.25) is 5.32 Å². The summed E-state index contributed by atoms with van der Waals surface area (Å²) < 4.78 is 4.83. The Morgan fingerprint density at radius 3 is 2.83 bits per heavy atom. The van der Waals surface area contributed by atoms with Crippen molar-refractivity contribution in [2.45, 2.75) is 33.6 Å². The Kier molecular flexibility index (Phi) is 5.15. The van der Waals surface area contributed by atoms with Crippen LogP contribution in [-0.4, -0.2) is 29.4 Å². The van der Waals surface area contributed by atoms with Crippen LogP contribution in [0.2, 0.25) is 0 Å². The molecule has 0 aliphatic heterocycles. The van der Waals surface area contributed by atoms with E-state index in [1.54, 1.807) is 13.0 Å². The maximum atomic E-state index is 11.5. The van der Waals surface area contributed by atoms with Gasteiger partial charge in [0.15, 0.2) is 5.82 Å². The topological polar surface area (TPSA) is 87.4 Å². The van der Waals surface area contributed by atoms with E-state index in [9.17, 15) is 4.79 Å². The molecular weight excluding hydrogens is 234 g/mol. The van der Waals surface area contributed by atoms with E-state index in [-0.39, 0.29) is 18.1 Å². The number of aliphatic hydroxyl groups is 1. The lowest BCUT2D eigenvalue weighted by Gasteiger charge is -2.21. The Balaban J connectivity index is 2.18. The fraction of sp³-hybridized carbons (Fsp3) is 0.667. The molecule has 0 unspecified atom stereocenters. The molecule has 0 bridgehead atoms. The summed E-state index contributed by atoms with van der Waals surface area (Å²) in [6, 6.07) is 1.35. The molecule has 0 aromatic carbocycles. The average Bonchev–Trinajstić information content (AvgIpc) is 2.70. The van der Waals surface area contributed by atoms with Gasteiger partial charge in [0.2, 0.25) is 0 Å². The third kappa shape index (κ3) is 5.18. The fourth-order valence-corrected chi connectivity index (χ4v) is 1.43. The van der Waals surface area contributed by atoms with Gasteiger partial charge in [0.25, 0.3) is 0 Å². The standard InChI is InChI=1S/C12H21N3O3/c1-9-7-10(15-18-9)14-11(17)13-6-4-5-12(2,3)8-16/h7,16H,4-6,8H2,1-3H3,(H2,13,14,15,17). The van der Waals surface area contributed by atoms with E-state index in [1.807, 2.05) is 13.8 Å². The first-order chi connectivity index (χ1) is 8.43. The van der Waals surface area contributed by atoms with Crippen LogP contribution in [0.3, 0.4) is 0 Å². The van der Waals surface area contributed by atoms with Gasteiger partial charge in [-0.25, -0.2) is 4.79 Å². The molecule has 18 heavy (non-hydrogen) atoms. The first kappa shape index (κ1) is 14.5. The zero-order valence-corrected chi connectivity index (χ0v) is 11.1. The van der Waals surface area contributed by atoms with Crippen LogP contribution in [0.15, 0.2) is 10.6 Å². The van der Waals surface area contributed by atoms with Crippen LogP contribution in [0.5, 0.6) is 0 Å². The number of aliphatic hydroxyl groups excluding tert-OH is 1. The quantitative estimate of drug-likeness (QED) is 0.677. The average molecular weight is 255 g/mol. The molecule has 0 aliphatic rings. The van der Waals surface area contributed by atoms with Crippen LogP contribution >= 0.6 is 0 Å². The lowest BCUT2D eigenvalue weighted by molar-refractivity contribution is 0.148. The van der Waals surface area contributed by atoms with Crippen LogP contribution in [0.4, 0.5) is 10.6 Å². The van der Waals surface area contributed by atoms with E-state index in [0.717, 1.165) is 12.8 Å². The Bertz CT molecular complexity index is 388. The van der Waals surface area contributed by atoms with Gasteiger partial charge < -0.3 is 14.9 Å². The number of nitrogens with one attached hydrogen (secondary N) is 2. The summed E-state index contributed by atoms with van der Waals surface area (Å²) in [6.45, 7) is 6.45. The molecule has 6 heteroatoms. The highest BCUT2D eigenvalue weighted by molar-refractivity contribution is 5.88. The lowest BCUT2D eigenvalue weighted by Crippen LogP contribution is -2.30. The van der Waals surface area contributed by atoms with Gasteiger partial charge in [0.1, 0.15) is 5.76 Å². The summed E-state index contributed by atoms with van der Waals surface area (Å²) in [5, 5.41) is 18.0. The maximum absolute atomic E-state index is 11.5. The van der Waals surface area contributed by atoms with Crippen molar-refractivity contribution < 1.29 is 14.4 Å². The summed E-state index contributed by atoms with van der Waals surface area (Å²) in [6.07, 6.45) is 1.67. The number of anilines is 1. The summed E-state index contributed by atoms with van der Waals surface area (Å²) in [4.78, 5) is 11.5. The largest absolute Gasteiger partial charge is 0.396 e. The molecule has 6 nitrogen and oxygen atoms in total. The van der Waals surface area contributed by atoms with Gasteiger partial charge in [-0.1, -0.05) is 19.0 Å². The van der Waals surface area contributed by atoms with Crippen molar-refractivity contribution in [1.82, 2.24) is 10.5 Å². The highest BCUT2D eigenvalue weighted by Gasteiger charge is 2.15. The van der Waals surface area contributed by atoms with Crippen LogP contribution < -0.4 is 10.6 Å². The minimum Gasteiger partial charge on any atom is -0.396 e. The van der Waals surface area contributed by atoms with Crippen LogP contribution in [0.1, 0.15) is 32.4 Å². The zero-order chi connectivity index (χ0) is 13.6. The predicted molar refractivity (Wildman–Crippen MR) is 68.4 cm³/mol. The van der Waals surface area contributed by atoms with Crippen molar-refractivity contribution >= 4 is 11.8 Å². The van der Waals surface area contributed by atoms with Crippen LogP contribution in [0.25, 0.3) is 0 Å². The molecular formula is C12H21N3O3. The SMILES string of the molecule is Cc1cc(NC(=O)NCCCC(C)(C)CO)no1. The van der Waals surface area contributed by atoms with E-state index in [2.05, 4.69) is 15.8 Å². The number of urea groups is 1. The molecule has 1 rings (SSSR count). The van der Waals surface area contributed by atoms with Crippen molar-refractivity contribution in [2.24, 2.45) is 5.41 Å². The van der Waals surface area contributed by atoms with Crippen LogP contribution in [-0.2, 0) is 0 Å². The van der Waals surface area contributed by atoms with Crippen molar-refractivity contribution in [3.63, 3.8) is 0 Å². The molecule has 0 aliphatic carbocycles. The lowest BCUT2D eigenvalue weighted by atomic mass is 9.89. The van der Waals surface area contributed by atoms with Gasteiger partial charge >= 0.3 is 6.03 Å². The molecule has 1 aromatic rings. The third-order valence-electron chi connectivity index (χ3n) is 2.61. The van der Waals surface area contributed by atoms with Crippen molar-refractivity contribution in [1.29, 1.82) is 0 Å². The third-order valence-corrected chi connectivity index (χ3v) is 2.61. The number of aryl methyl sites for hydroxylation is 1. The molecule has 0 fully saturated rings. The molecule has 3 N–H and O–H groups in total. The number of amides is 2. The van der Waals surface area contributed by atoms with E-state index in [0.29, 0.717) is 18.1 Å². The van der Waals surface area contributed by atoms with Gasteiger partial charge in [0.05, 0.1) is 0 Å². The number of nitrogens with zero attached hydrogens (tertiary/aromatic N) is 1. The molecule has 0 radical (unpaired) electrons. The van der Waals surface area contributed by atoms with Crippen molar-refractivity contribution in [3.8, 4) is 0 Å². The van der Waals surface area contributed by atoms with Gasteiger partial charge in [-0.05, 0) is 25.2 Å². The molecule has 0 atom stereocenters. The van der Waals surface area contributed by atoms with Crippen molar-refractivity contribution in [2.75, 3.05) is 18.5 Å². The number of hydrogen-bond acceptors (Lipinski definition) is 4. The second-order valence-electron chi connectivity index (χ2n) is 5.13. The van der Waals surface area contributed by atoms with Crippen molar-refractivity contribution in [3.05, 3.63) is 11.8 Å². The van der Waals surface area contributed by atoms with Gasteiger partial charge in [-0.15, -0.1) is 0 Å². The summed E-state index contributed by atoms with van der Waals surface area (Å²) in [5.41, 5.74) is -0.0959. The molecule has 0 saturated carbocycles. The number of hydrogen-bond donors (Lipinski definition) is 3. The monoisotopic (exact) mass is 255 g/mol. The molecule has 2 amide bonds. The molecule has 102 valence electrons. The number of rotatable bonds is 6. The minimum absolute atomic E-state index is 0.0959. The summed E-state index contributed by atoms with van der Waals surface area (Å²) in [7, 11) is 0. The predicted octanol–water partition coefficient (Wildman–Crippen LogP) is 1.90. The second kappa shape index (κ2) is 6.39. The first-order valence-electron chi connectivity index (χ1n) is 6.02. The second-order valence-corrected chi connectivity index (χ2v) is 5.13. The van der Waals surface area contributed by atoms with Crippen LogP contribution in [0, 0.1) is 12.3 Å². The highest BCUT2D eigenvalue weighted by atomic mass is 16.5. The fourth-order valence-electron chi connectivity index (χ4n) is 1.43. The van der Waals surface area contributed by atoms with Gasteiger partial charge in [-0.2, -0.15) is 0 Å². The molecule has 0 spiro atoms.